The number of nitrogens with two attached hydrogens (primary N) is 2. The Hall–Kier alpha value is -1.43. The molecule has 1 aromatic rings. The summed E-state index contributed by atoms with van der Waals surface area (Å²) in [4.78, 5) is 14.1. The summed E-state index contributed by atoms with van der Waals surface area (Å²) >= 11 is 0. The molecular weight excluding hydrogens is 254 g/mol. The van der Waals surface area contributed by atoms with Gasteiger partial charge in [-0.1, -0.05) is 30.3 Å². The number of morpholine rings is 1. The number of benzene rings is 1. The van der Waals surface area contributed by atoms with Crippen molar-refractivity contribution < 1.29 is 9.53 Å². The number of carbonyl (C=O) groups excluding carboxylic acids is 1. The average molecular weight is 277 g/mol. The van der Waals surface area contributed by atoms with Gasteiger partial charge < -0.3 is 16.2 Å². The minimum atomic E-state index is -1.11. The highest BCUT2D eigenvalue weighted by molar-refractivity contribution is 5.85. The fourth-order valence-electron chi connectivity index (χ4n) is 2.56. The van der Waals surface area contributed by atoms with Crippen LogP contribution in [-0.2, 0) is 15.1 Å². The Bertz CT molecular complexity index is 452. The fraction of sp³-hybridized carbons (Fsp3) is 0.533. The van der Waals surface area contributed by atoms with Gasteiger partial charge in [0.2, 0.25) is 5.91 Å². The van der Waals surface area contributed by atoms with Crippen molar-refractivity contribution in [1.29, 1.82) is 0 Å². The van der Waals surface area contributed by atoms with Crippen molar-refractivity contribution >= 4 is 5.91 Å². The summed E-state index contributed by atoms with van der Waals surface area (Å²) in [5, 5.41) is 0. The first-order valence-electron chi connectivity index (χ1n) is 7.00. The predicted molar refractivity (Wildman–Crippen MR) is 78.0 cm³/mol. The maximum Gasteiger partial charge on any atom is 0.242 e. The van der Waals surface area contributed by atoms with E-state index in [-0.39, 0.29) is 0 Å². The van der Waals surface area contributed by atoms with Gasteiger partial charge in [0, 0.05) is 19.1 Å². The van der Waals surface area contributed by atoms with E-state index in [2.05, 4.69) is 11.8 Å². The molecule has 1 fully saturated rings. The number of amides is 1. The third-order valence-corrected chi connectivity index (χ3v) is 4.03. The van der Waals surface area contributed by atoms with Crippen molar-refractivity contribution in [3.05, 3.63) is 35.9 Å². The molecule has 0 saturated carbocycles. The van der Waals surface area contributed by atoms with Gasteiger partial charge in [0.1, 0.15) is 5.54 Å². The SMILES string of the molecule is CC1COCCN1CCC(N)(C(N)=O)c1ccccc1. The molecule has 110 valence electrons. The first kappa shape index (κ1) is 15.0. The molecule has 1 saturated heterocycles. The summed E-state index contributed by atoms with van der Waals surface area (Å²) in [5.41, 5.74) is 11.5. The number of hydrogen-bond acceptors (Lipinski definition) is 4. The highest BCUT2D eigenvalue weighted by atomic mass is 16.5. The van der Waals surface area contributed by atoms with E-state index in [4.69, 9.17) is 16.2 Å². The summed E-state index contributed by atoms with van der Waals surface area (Å²) in [6.45, 7) is 5.16. The summed E-state index contributed by atoms with van der Waals surface area (Å²) < 4.78 is 5.41. The summed E-state index contributed by atoms with van der Waals surface area (Å²) in [5.74, 6) is -0.482. The quantitative estimate of drug-likeness (QED) is 0.818. The van der Waals surface area contributed by atoms with Crippen LogP contribution >= 0.6 is 0 Å². The van der Waals surface area contributed by atoms with Crippen molar-refractivity contribution in [1.82, 2.24) is 4.90 Å². The van der Waals surface area contributed by atoms with Gasteiger partial charge in [0.05, 0.1) is 13.2 Å². The van der Waals surface area contributed by atoms with Gasteiger partial charge >= 0.3 is 0 Å². The summed E-state index contributed by atoms with van der Waals surface area (Å²) in [7, 11) is 0. The van der Waals surface area contributed by atoms with E-state index in [0.717, 1.165) is 31.9 Å². The van der Waals surface area contributed by atoms with Crippen molar-refractivity contribution in [3.63, 3.8) is 0 Å². The largest absolute Gasteiger partial charge is 0.379 e. The van der Waals surface area contributed by atoms with Gasteiger partial charge in [0.25, 0.3) is 0 Å². The van der Waals surface area contributed by atoms with E-state index in [9.17, 15) is 4.79 Å². The molecule has 5 heteroatoms. The Morgan fingerprint density at radius 2 is 2.15 bits per heavy atom. The third-order valence-electron chi connectivity index (χ3n) is 4.03. The number of rotatable bonds is 5. The van der Waals surface area contributed by atoms with Crippen LogP contribution in [0.5, 0.6) is 0 Å². The number of carbonyl (C=O) groups is 1. The Labute approximate surface area is 119 Å². The molecule has 1 aliphatic rings. The van der Waals surface area contributed by atoms with Crippen LogP contribution in [0.15, 0.2) is 30.3 Å². The second-order valence-corrected chi connectivity index (χ2v) is 5.41. The minimum Gasteiger partial charge on any atom is -0.379 e. The fourth-order valence-corrected chi connectivity index (χ4v) is 2.56. The first-order valence-corrected chi connectivity index (χ1v) is 7.00. The van der Waals surface area contributed by atoms with Gasteiger partial charge in [-0.25, -0.2) is 0 Å². The van der Waals surface area contributed by atoms with Crippen LogP contribution < -0.4 is 11.5 Å². The van der Waals surface area contributed by atoms with E-state index in [1.165, 1.54) is 0 Å². The Kier molecular flexibility index (Phi) is 4.75. The maximum atomic E-state index is 11.8. The van der Waals surface area contributed by atoms with Crippen LogP contribution in [0.2, 0.25) is 0 Å². The standard InChI is InChI=1S/C15H23N3O2/c1-12-11-20-10-9-18(12)8-7-15(17,14(16)19)13-5-3-2-4-6-13/h2-6,12H,7-11,17H2,1H3,(H2,16,19). The molecular formula is C15H23N3O2. The number of hydrogen-bond donors (Lipinski definition) is 2. The molecule has 5 nitrogen and oxygen atoms in total. The van der Waals surface area contributed by atoms with Gasteiger partial charge in [-0.3, -0.25) is 9.69 Å². The molecule has 4 N–H and O–H groups in total. The lowest BCUT2D eigenvalue weighted by Gasteiger charge is -2.36. The maximum absolute atomic E-state index is 11.8. The summed E-state index contributed by atoms with van der Waals surface area (Å²) in [6.07, 6.45) is 0.511. The Balaban J connectivity index is 2.08. The second kappa shape index (κ2) is 6.35. The van der Waals surface area contributed by atoms with E-state index in [0.29, 0.717) is 12.5 Å². The molecule has 1 aliphatic heterocycles. The number of ether oxygens (including phenoxy) is 1. The lowest BCUT2D eigenvalue weighted by molar-refractivity contribution is -0.124. The van der Waals surface area contributed by atoms with Gasteiger partial charge in [-0.15, -0.1) is 0 Å². The molecule has 0 aliphatic carbocycles. The zero-order chi connectivity index (χ0) is 14.6. The smallest absolute Gasteiger partial charge is 0.242 e. The van der Waals surface area contributed by atoms with Crippen LogP contribution in [0, 0.1) is 0 Å². The van der Waals surface area contributed by atoms with Gasteiger partial charge in [-0.2, -0.15) is 0 Å². The molecule has 2 rings (SSSR count). The average Bonchev–Trinajstić information content (AvgIpc) is 2.47. The molecule has 20 heavy (non-hydrogen) atoms. The topological polar surface area (TPSA) is 81.6 Å². The van der Waals surface area contributed by atoms with Crippen molar-refractivity contribution in [2.45, 2.75) is 24.9 Å². The Morgan fingerprint density at radius 1 is 1.45 bits per heavy atom. The lowest BCUT2D eigenvalue weighted by atomic mass is 9.86. The van der Waals surface area contributed by atoms with Crippen LogP contribution in [0.25, 0.3) is 0 Å². The summed E-state index contributed by atoms with van der Waals surface area (Å²) in [6, 6.07) is 9.70. The van der Waals surface area contributed by atoms with E-state index < -0.39 is 11.4 Å². The monoisotopic (exact) mass is 277 g/mol. The second-order valence-electron chi connectivity index (χ2n) is 5.41. The third kappa shape index (κ3) is 3.17. The highest BCUT2D eigenvalue weighted by Gasteiger charge is 2.34. The van der Waals surface area contributed by atoms with Crippen molar-refractivity contribution in [2.75, 3.05) is 26.3 Å². The van der Waals surface area contributed by atoms with E-state index in [1.807, 2.05) is 30.3 Å². The highest BCUT2D eigenvalue weighted by Crippen LogP contribution is 2.23. The van der Waals surface area contributed by atoms with E-state index in [1.54, 1.807) is 0 Å². The molecule has 0 spiro atoms. The zero-order valence-corrected chi connectivity index (χ0v) is 11.9. The van der Waals surface area contributed by atoms with Crippen LogP contribution in [0.1, 0.15) is 18.9 Å². The number of nitrogens with zero attached hydrogens (tertiary/aromatic N) is 1. The number of primary amides is 1. The zero-order valence-electron chi connectivity index (χ0n) is 11.9. The van der Waals surface area contributed by atoms with Crippen molar-refractivity contribution in [2.24, 2.45) is 11.5 Å². The normalized spacial score (nSPS) is 23.2. The molecule has 0 radical (unpaired) electrons. The molecule has 2 unspecified atom stereocenters. The predicted octanol–water partition coefficient (Wildman–Crippen LogP) is 0.437. The minimum absolute atomic E-state index is 0.344. The molecule has 2 atom stereocenters. The molecule has 1 heterocycles. The van der Waals surface area contributed by atoms with E-state index >= 15 is 0 Å². The van der Waals surface area contributed by atoms with Gasteiger partial charge in [0.15, 0.2) is 0 Å². The first-order chi connectivity index (χ1) is 9.54. The Morgan fingerprint density at radius 3 is 2.75 bits per heavy atom. The molecule has 0 aromatic heterocycles. The lowest BCUT2D eigenvalue weighted by Crippen LogP contribution is -2.53. The van der Waals surface area contributed by atoms with Crippen LogP contribution in [0.3, 0.4) is 0 Å². The molecule has 1 amide bonds. The van der Waals surface area contributed by atoms with Crippen LogP contribution in [-0.4, -0.2) is 43.2 Å². The molecule has 1 aromatic carbocycles. The van der Waals surface area contributed by atoms with Crippen molar-refractivity contribution in [3.8, 4) is 0 Å². The molecule has 0 bridgehead atoms. The van der Waals surface area contributed by atoms with Gasteiger partial charge in [-0.05, 0) is 18.9 Å². The van der Waals surface area contributed by atoms with Crippen LogP contribution in [0.4, 0.5) is 0 Å².